The first kappa shape index (κ1) is 102. The molecule has 5 aliphatic heterocycles. The fourth-order valence-electron chi connectivity index (χ4n) is 20.9. The summed E-state index contributed by atoms with van der Waals surface area (Å²) in [4.78, 5) is 72.4. The minimum Gasteiger partial charge on any atom is -0.544 e. The highest BCUT2D eigenvalue weighted by atomic mass is 35.7. The number of halogens is 1. The number of phenolic OH excluding ortho intramolecular Hbond substituents is 1. The topological polar surface area (TPSA) is 379 Å². The lowest BCUT2D eigenvalue weighted by Gasteiger charge is -2.21. The lowest BCUT2D eigenvalue weighted by Crippen LogP contribution is -2.69. The molecule has 18 aromatic rings. The lowest BCUT2D eigenvalue weighted by atomic mass is 9.90. The number of aryl methyl sites for hydroxylation is 4. The van der Waals surface area contributed by atoms with Gasteiger partial charge in [0, 0.05) is 103 Å². The van der Waals surface area contributed by atoms with Crippen LogP contribution in [0.25, 0.3) is 200 Å². The molecule has 25 heteroatoms. The van der Waals surface area contributed by atoms with Gasteiger partial charge < -0.3 is 50.0 Å². The van der Waals surface area contributed by atoms with Gasteiger partial charge in [-0.15, -0.1) is 10.2 Å². The van der Waals surface area contributed by atoms with E-state index in [1.54, 1.807) is 24.3 Å². The van der Waals surface area contributed by atoms with E-state index < -0.39 is 22.3 Å². The van der Waals surface area contributed by atoms with Gasteiger partial charge in [-0.25, -0.2) is 68.1 Å². The molecule has 6 aliphatic rings. The molecule has 0 saturated carbocycles. The predicted octanol–water partition coefficient (Wildman–Crippen LogP) is 21.4. The summed E-state index contributed by atoms with van der Waals surface area (Å²) in [5, 5.41) is 34.8. The van der Waals surface area contributed by atoms with Crippen molar-refractivity contribution in [3.63, 3.8) is 0 Å². The number of aromatic amines is 4. The maximum absolute atomic E-state index is 10.3. The van der Waals surface area contributed by atoms with Crippen LogP contribution < -0.4 is 44.3 Å². The van der Waals surface area contributed by atoms with Gasteiger partial charge in [-0.2, -0.15) is 0 Å². The molecule has 0 fully saturated rings. The van der Waals surface area contributed by atoms with Gasteiger partial charge in [-0.3, -0.25) is 0 Å². The van der Waals surface area contributed by atoms with Crippen molar-refractivity contribution < 1.29 is 54.0 Å². The van der Waals surface area contributed by atoms with E-state index in [0.29, 0.717) is 58.1 Å². The van der Waals surface area contributed by atoms with Gasteiger partial charge >= 0.3 is 0 Å². The molecule has 0 spiro atoms. The molecule has 1 aliphatic carbocycles. The first-order valence-corrected chi connectivity index (χ1v) is 52.3. The van der Waals surface area contributed by atoms with Crippen LogP contribution in [0.15, 0.2) is 296 Å². The van der Waals surface area contributed by atoms with Crippen LogP contribution in [-0.4, -0.2) is 108 Å². The number of H-pyrrole nitrogens is 4. The Labute approximate surface area is 860 Å². The fourth-order valence-corrected chi connectivity index (χ4v) is 20.9. The molecule has 24 nitrogen and oxygen atoms in total. The van der Waals surface area contributed by atoms with Crippen molar-refractivity contribution >= 4 is 154 Å². The summed E-state index contributed by atoms with van der Waals surface area (Å²) in [6, 6.07) is 97.9. The summed E-state index contributed by atoms with van der Waals surface area (Å²) in [6.07, 6.45) is 8.27. The molecular weight excluding hydrogens is 1860 g/mol. The number of aromatic hydroxyl groups is 1. The zero-order chi connectivity index (χ0) is 104. The summed E-state index contributed by atoms with van der Waals surface area (Å²) < 4.78 is 42.5. The number of benzene rings is 13. The third kappa shape index (κ3) is 21.3. The first-order chi connectivity index (χ1) is 72.0. The molecule has 0 radical (unpaired) electrons. The molecule has 8 N–H and O–H groups in total. The van der Waals surface area contributed by atoms with Crippen LogP contribution in [0.2, 0.25) is 0 Å². The number of carboxylic acid groups (broad SMARTS) is 1. The highest BCUT2D eigenvalue weighted by Gasteiger charge is 2.27. The number of hydrogen-bond acceptors (Lipinski definition) is 18. The van der Waals surface area contributed by atoms with Gasteiger partial charge in [-0.05, 0) is 227 Å². The van der Waals surface area contributed by atoms with Crippen molar-refractivity contribution in [1.82, 2.24) is 69.4 Å². The summed E-state index contributed by atoms with van der Waals surface area (Å²) in [5.41, 5.74) is 34.9. The molecule has 11 heterocycles. The number of quaternary nitrogens is 1. The molecule has 746 valence electrons. The number of nitrogens with zero attached hydrogens (tertiary/aromatic N) is 11. The highest BCUT2D eigenvalue weighted by molar-refractivity contribution is 6.33. The van der Waals surface area contributed by atoms with Crippen molar-refractivity contribution in [1.29, 1.82) is 0 Å². The molecule has 1 unspecified atom stereocenters. The fraction of sp³-hybridized carbons (Fsp3) is 0.211. The van der Waals surface area contributed by atoms with E-state index in [1.165, 1.54) is 121 Å². The Morgan fingerprint density at radius 1 is 0.365 bits per heavy atom. The number of allylic oxidation sites excluding steroid dienone is 4. The lowest BCUT2D eigenvalue weighted by molar-refractivity contribution is -2.00. The standard InChI is InChI=1S/C36H46N4.C32H18N8.C20H26N3O.C20H12.C9H11NO2.C6H6O.ClHO4/c1-9-21-22(10-2)30-18-32-25(13-5)26(14-6)34(39-32)20-36-28(16-8)27(15-7)35(40-36)19-33-24(12-4)23(11-3)31(38-33)17-29(21)37-30;1-2-10-18-17(9-1)25-33-26(18)38-28-21-13-5-6-14-22(21)30(35-28)40-32-24-16-8-7-15-23(24)31(36-32)39-29-20-12-4-3-11-19(20)27(34-29)37-25;1-5-22(6-2)15-9-11-17-19(13-15)24-20-14-16(23(7-3)8-4)10-12-18(20)21-17;1-5-13-6-2-11-17-18-12-4-8-14-7-3-10-16(20(14)18)15(9-1)19(13)17;10-8(9(11)12)6-7-4-2-1-3-5-7;7-6-4-2-1-3-5-6;2-1(3,4)5/h17-20,37-38H,9-16H2,1-8H3;1-16H,(H2,33,34,35,36,37,38,39,40);9-14H,5-8H2,1-4H3;1-12H;1-5,8H,6,10H2,(H,11,12);1-5,7H;(H,2,3,4,5)/q;;+1;;;;/p-1. The Morgan fingerprint density at radius 3 is 1.06 bits per heavy atom. The van der Waals surface area contributed by atoms with Crippen LogP contribution in [0.1, 0.15) is 159 Å². The number of carboxylic acids is 1. The molecule has 6 aromatic heterocycles. The Morgan fingerprint density at radius 2 is 0.716 bits per heavy atom. The van der Waals surface area contributed by atoms with Crippen LogP contribution in [0.3, 0.4) is 0 Å². The number of phenols is 1. The maximum Gasteiger partial charge on any atom is 0.203 e. The predicted molar refractivity (Wildman–Crippen MR) is 587 cm³/mol. The number of carbonyl (C=O) groups excluding carboxylic acids is 1. The largest absolute Gasteiger partial charge is 0.544 e. The van der Waals surface area contributed by atoms with Crippen molar-refractivity contribution in [2.75, 3.05) is 31.1 Å². The summed E-state index contributed by atoms with van der Waals surface area (Å²) in [7, 11) is -4.94. The Hall–Kier alpha value is -16.3. The third-order valence-electron chi connectivity index (χ3n) is 27.8. The van der Waals surface area contributed by atoms with Gasteiger partial charge in [0.05, 0.1) is 34.8 Å². The van der Waals surface area contributed by atoms with Crippen LogP contribution in [0, 0.1) is 10.2 Å². The van der Waals surface area contributed by atoms with Crippen LogP contribution >= 0.6 is 0 Å². The molecule has 1 atom stereocenters. The average molecular weight is 1980 g/mol. The van der Waals surface area contributed by atoms with Crippen molar-refractivity contribution in [3.8, 4) is 62.8 Å². The number of anilines is 1. The maximum atomic E-state index is 10.3. The smallest absolute Gasteiger partial charge is 0.203 e. The number of aliphatic carboxylic acids is 1. The van der Waals surface area contributed by atoms with Gasteiger partial charge in [0.25, 0.3) is 0 Å². The number of rotatable bonds is 16. The van der Waals surface area contributed by atoms with Crippen molar-refractivity contribution in [2.45, 2.75) is 147 Å². The summed E-state index contributed by atoms with van der Waals surface area (Å²) in [5.74, 6) is 2.45. The second-order valence-electron chi connectivity index (χ2n) is 36.4. The molecule has 16 bridgehead atoms. The number of hydrogen-bond donors (Lipinski definition) is 6. The number of carbonyl (C=O) groups is 1. The second-order valence-corrected chi connectivity index (χ2v) is 37.2. The average Bonchev–Trinajstić information content (AvgIpc) is 1.20. The normalized spacial score (nSPS) is 12.2. The van der Waals surface area contributed by atoms with Crippen LogP contribution in [0.4, 0.5) is 5.69 Å². The minimum atomic E-state index is -4.94. The highest BCUT2D eigenvalue weighted by Crippen LogP contribution is 2.44. The van der Waals surface area contributed by atoms with Gasteiger partial charge in [0.2, 0.25) is 5.36 Å². The third-order valence-corrected chi connectivity index (χ3v) is 27.8. The zero-order valence-corrected chi connectivity index (χ0v) is 86.0. The van der Waals surface area contributed by atoms with E-state index in [9.17, 15) is 9.90 Å². The van der Waals surface area contributed by atoms with E-state index >= 15 is 0 Å². The quantitative estimate of drug-likeness (QED) is 0.0297. The van der Waals surface area contributed by atoms with E-state index in [1.807, 2.05) is 146 Å². The SMILES string of the molecule is CCC1=C(CC)c2cc3[nH]c(cc4[nH]c(cc5nc(cc1n2)C(CC)=C5CC)c(CC)c4CC)c(CC)c3CC.CCN(CC)c1ccc2nc3ccc(=[N+](CC)CC)cc-3oc2c1.Oc1ccccc1.[NH3+]C(Cc1ccccc1)C(=O)[O-].[O-][Cl+3]([O-])([O-])[O-].c1cc2cccc3c4cccc5cccc(c(c1)c23)c54.c1ccc2c(c1)-c1nc-2nc2[nH]c(nc3nc(nc4[nH]c(n1)c1ccccc41)-c1ccccc1-3)c1ccccc21. The summed E-state index contributed by atoms with van der Waals surface area (Å²) >= 11 is 0. The van der Waals surface area contributed by atoms with Gasteiger partial charge in [0.1, 0.15) is 58.7 Å². The molecular formula is C123H119ClN16O8. The second kappa shape index (κ2) is 45.1. The number of para-hydroxylation sites is 1. The van der Waals surface area contributed by atoms with Crippen molar-refractivity contribution in [2.24, 2.45) is 0 Å². The Balaban J connectivity index is 0.000000123. The van der Waals surface area contributed by atoms with E-state index in [2.05, 4.69) is 240 Å². The van der Waals surface area contributed by atoms with E-state index in [4.69, 9.17) is 73.0 Å². The van der Waals surface area contributed by atoms with Crippen molar-refractivity contribution in [3.05, 3.63) is 347 Å². The molecule has 148 heavy (non-hydrogen) atoms. The molecule has 0 amide bonds. The van der Waals surface area contributed by atoms with Gasteiger partial charge in [-0.1, -0.05) is 274 Å². The Bertz CT molecular complexity index is 8220. The minimum absolute atomic E-state index is 0.322. The Kier molecular flexibility index (Phi) is 31.0. The van der Waals surface area contributed by atoms with Crippen LogP contribution in [-0.2, 0) is 36.9 Å². The zero-order valence-electron chi connectivity index (χ0n) is 85.3. The monoisotopic (exact) mass is 1980 g/mol. The number of nitrogens with one attached hydrogen (secondary N) is 4. The molecule has 12 aromatic carbocycles. The number of aromatic nitrogens is 13. The van der Waals surface area contributed by atoms with Gasteiger partial charge in [0.15, 0.2) is 34.6 Å². The number of fused-ring (bicyclic) bond motifs is 32. The summed E-state index contributed by atoms with van der Waals surface area (Å²) in [6.45, 7) is 30.7. The van der Waals surface area contributed by atoms with E-state index in [0.717, 1.165) is 172 Å². The van der Waals surface area contributed by atoms with E-state index in [-0.39, 0.29) is 0 Å². The molecule has 24 rings (SSSR count). The first-order valence-electron chi connectivity index (χ1n) is 51.1. The van der Waals surface area contributed by atoms with Crippen LogP contribution in [0.5, 0.6) is 5.75 Å². The molecule has 0 saturated heterocycles.